The maximum absolute atomic E-state index is 8.58. The van der Waals surface area contributed by atoms with Gasteiger partial charge in [-0.2, -0.15) is 0 Å². The fraction of sp³-hybridized carbons (Fsp3) is 0.818. The first-order valence-electron chi connectivity index (χ1n) is 5.16. The fourth-order valence-electron chi connectivity index (χ4n) is 1.50. The number of nitrogens with one attached hydrogen (secondary N) is 1. The molecular formula is C11H23NO. The smallest absolute Gasteiger partial charge is 0.0751 e. The predicted octanol–water partition coefficient (Wildman–Crippen LogP) is 2.72. The molecule has 0 saturated carbocycles. The third-order valence-electron chi connectivity index (χ3n) is 2.49. The molecule has 0 heterocycles. The van der Waals surface area contributed by atoms with E-state index in [1.807, 2.05) is 13.1 Å². The fourth-order valence-corrected chi connectivity index (χ4v) is 1.50. The first-order chi connectivity index (χ1) is 6.22. The molecule has 0 aromatic heterocycles. The van der Waals surface area contributed by atoms with Crippen LogP contribution in [-0.4, -0.2) is 18.7 Å². The van der Waals surface area contributed by atoms with Crippen molar-refractivity contribution in [2.24, 2.45) is 11.8 Å². The molecule has 0 aromatic carbocycles. The molecule has 13 heavy (non-hydrogen) atoms. The molecule has 0 aliphatic rings. The van der Waals surface area contributed by atoms with E-state index in [4.69, 9.17) is 5.11 Å². The molecule has 0 rings (SSSR count). The van der Waals surface area contributed by atoms with Crippen molar-refractivity contribution in [2.45, 2.75) is 33.1 Å². The van der Waals surface area contributed by atoms with Crippen LogP contribution in [-0.2, 0) is 0 Å². The Morgan fingerprint density at radius 3 is 2.54 bits per heavy atom. The highest BCUT2D eigenvalue weighted by atomic mass is 16.2. The van der Waals surface area contributed by atoms with Gasteiger partial charge in [-0.15, -0.1) is 0 Å². The highest BCUT2D eigenvalue weighted by Crippen LogP contribution is 2.20. The molecule has 0 fully saturated rings. The largest absolute Gasteiger partial charge is 0.516 e. The zero-order valence-corrected chi connectivity index (χ0v) is 9.09. The van der Waals surface area contributed by atoms with Gasteiger partial charge in [0.1, 0.15) is 0 Å². The first kappa shape index (κ1) is 12.5. The van der Waals surface area contributed by atoms with Crippen LogP contribution in [0, 0.1) is 11.8 Å². The Hall–Kier alpha value is -0.500. The second-order valence-electron chi connectivity index (χ2n) is 3.87. The molecule has 0 aliphatic carbocycles. The van der Waals surface area contributed by atoms with Crippen LogP contribution in [0.5, 0.6) is 0 Å². The molecule has 0 aliphatic heterocycles. The summed E-state index contributed by atoms with van der Waals surface area (Å²) in [6.45, 7) is 5.58. The number of allylic oxidation sites excluding steroid dienone is 1. The molecule has 2 N–H and O–H groups in total. The summed E-state index contributed by atoms with van der Waals surface area (Å²) >= 11 is 0. The van der Waals surface area contributed by atoms with E-state index in [9.17, 15) is 0 Å². The Morgan fingerprint density at radius 1 is 1.38 bits per heavy atom. The zero-order valence-electron chi connectivity index (χ0n) is 9.09. The Labute approximate surface area is 82.0 Å². The third kappa shape index (κ3) is 6.64. The number of aliphatic hydroxyl groups is 1. The van der Waals surface area contributed by atoms with E-state index in [1.54, 1.807) is 0 Å². The zero-order chi connectivity index (χ0) is 10.1. The van der Waals surface area contributed by atoms with Crippen molar-refractivity contribution in [3.8, 4) is 0 Å². The van der Waals surface area contributed by atoms with Crippen LogP contribution in [0.3, 0.4) is 0 Å². The Bertz CT molecular complexity index is 132. The summed E-state index contributed by atoms with van der Waals surface area (Å²) in [6.07, 6.45) is 6.47. The van der Waals surface area contributed by atoms with E-state index in [2.05, 4.69) is 19.2 Å². The van der Waals surface area contributed by atoms with E-state index in [1.165, 1.54) is 12.8 Å². The van der Waals surface area contributed by atoms with Crippen LogP contribution >= 0.6 is 0 Å². The lowest BCUT2D eigenvalue weighted by Crippen LogP contribution is -2.13. The highest BCUT2D eigenvalue weighted by Gasteiger charge is 2.10. The maximum Gasteiger partial charge on any atom is 0.0751 e. The van der Waals surface area contributed by atoms with Crippen LogP contribution in [0.15, 0.2) is 12.3 Å². The Morgan fingerprint density at radius 2 is 2.08 bits per heavy atom. The van der Waals surface area contributed by atoms with Gasteiger partial charge in [0.05, 0.1) is 6.26 Å². The van der Waals surface area contributed by atoms with Crippen LogP contribution in [0.1, 0.15) is 33.1 Å². The topological polar surface area (TPSA) is 32.3 Å². The standard InChI is InChI=1S/C11H23NO/c1-10(2)11(7-5-9-13)6-4-8-12-3/h5,9-13H,4,6-8H2,1-3H3/b9-5-. The van der Waals surface area contributed by atoms with Gasteiger partial charge in [-0.1, -0.05) is 13.8 Å². The van der Waals surface area contributed by atoms with Crippen LogP contribution < -0.4 is 5.32 Å². The molecule has 1 unspecified atom stereocenters. The third-order valence-corrected chi connectivity index (χ3v) is 2.49. The molecule has 0 bridgehead atoms. The average molecular weight is 185 g/mol. The van der Waals surface area contributed by atoms with Gasteiger partial charge in [0.25, 0.3) is 0 Å². The van der Waals surface area contributed by atoms with Crippen LogP contribution in [0.4, 0.5) is 0 Å². The van der Waals surface area contributed by atoms with Crippen molar-refractivity contribution >= 4 is 0 Å². The van der Waals surface area contributed by atoms with Gasteiger partial charge in [-0.05, 0) is 50.8 Å². The average Bonchev–Trinajstić information content (AvgIpc) is 2.10. The minimum Gasteiger partial charge on any atom is -0.516 e. The molecule has 2 nitrogen and oxygen atoms in total. The molecule has 0 amide bonds. The van der Waals surface area contributed by atoms with Gasteiger partial charge >= 0.3 is 0 Å². The van der Waals surface area contributed by atoms with Crippen molar-refractivity contribution in [1.29, 1.82) is 0 Å². The van der Waals surface area contributed by atoms with Crippen molar-refractivity contribution in [3.63, 3.8) is 0 Å². The van der Waals surface area contributed by atoms with Gasteiger partial charge in [0, 0.05) is 0 Å². The van der Waals surface area contributed by atoms with E-state index in [0.29, 0.717) is 11.8 Å². The molecule has 2 heteroatoms. The molecular weight excluding hydrogens is 162 g/mol. The summed E-state index contributed by atoms with van der Waals surface area (Å²) in [7, 11) is 1.98. The lowest BCUT2D eigenvalue weighted by molar-refractivity contribution is 0.349. The van der Waals surface area contributed by atoms with Crippen molar-refractivity contribution in [1.82, 2.24) is 5.32 Å². The summed E-state index contributed by atoms with van der Waals surface area (Å²) in [4.78, 5) is 0. The molecule has 0 aromatic rings. The highest BCUT2D eigenvalue weighted by molar-refractivity contribution is 4.78. The number of hydrogen-bond donors (Lipinski definition) is 2. The van der Waals surface area contributed by atoms with Crippen LogP contribution in [0.2, 0.25) is 0 Å². The van der Waals surface area contributed by atoms with Gasteiger partial charge in [-0.3, -0.25) is 0 Å². The van der Waals surface area contributed by atoms with Gasteiger partial charge in [0.15, 0.2) is 0 Å². The summed E-state index contributed by atoms with van der Waals surface area (Å²) < 4.78 is 0. The van der Waals surface area contributed by atoms with E-state index < -0.39 is 0 Å². The first-order valence-corrected chi connectivity index (χ1v) is 5.16. The SMILES string of the molecule is CNCCCC(C/C=C\O)C(C)C. The monoisotopic (exact) mass is 185 g/mol. The number of rotatable bonds is 7. The van der Waals surface area contributed by atoms with Gasteiger partial charge in [-0.25, -0.2) is 0 Å². The summed E-state index contributed by atoms with van der Waals surface area (Å²) in [5.41, 5.74) is 0. The second kappa shape index (κ2) is 8.11. The van der Waals surface area contributed by atoms with Crippen molar-refractivity contribution in [3.05, 3.63) is 12.3 Å². The van der Waals surface area contributed by atoms with E-state index in [0.717, 1.165) is 19.2 Å². The summed E-state index contributed by atoms with van der Waals surface area (Å²) in [5.74, 6) is 1.41. The molecule has 0 radical (unpaired) electrons. The number of hydrogen-bond acceptors (Lipinski definition) is 2. The molecule has 0 saturated heterocycles. The summed E-state index contributed by atoms with van der Waals surface area (Å²) in [5, 5.41) is 11.7. The molecule has 78 valence electrons. The second-order valence-corrected chi connectivity index (χ2v) is 3.87. The predicted molar refractivity (Wildman–Crippen MR) is 57.9 cm³/mol. The Balaban J connectivity index is 3.67. The van der Waals surface area contributed by atoms with E-state index >= 15 is 0 Å². The van der Waals surface area contributed by atoms with Gasteiger partial charge < -0.3 is 10.4 Å². The lowest BCUT2D eigenvalue weighted by Gasteiger charge is -2.18. The van der Waals surface area contributed by atoms with Crippen molar-refractivity contribution < 1.29 is 5.11 Å². The Kier molecular flexibility index (Phi) is 7.80. The quantitative estimate of drug-likeness (QED) is 0.472. The minimum absolute atomic E-state index is 0.702. The van der Waals surface area contributed by atoms with Gasteiger partial charge in [0.2, 0.25) is 0 Å². The van der Waals surface area contributed by atoms with Crippen molar-refractivity contribution in [2.75, 3.05) is 13.6 Å². The molecule has 0 spiro atoms. The van der Waals surface area contributed by atoms with E-state index in [-0.39, 0.29) is 0 Å². The normalized spacial score (nSPS) is 14.2. The van der Waals surface area contributed by atoms with Crippen LogP contribution in [0.25, 0.3) is 0 Å². The lowest BCUT2D eigenvalue weighted by atomic mass is 9.88. The minimum atomic E-state index is 0.702. The molecule has 1 atom stereocenters. The summed E-state index contributed by atoms with van der Waals surface area (Å²) in [6, 6.07) is 0. The maximum atomic E-state index is 8.58. The number of aliphatic hydroxyl groups excluding tert-OH is 1.